The second kappa shape index (κ2) is 11.4. The van der Waals surface area contributed by atoms with Gasteiger partial charge in [0.25, 0.3) is 0 Å². The number of hydrogen-bond donors (Lipinski definition) is 2. The van der Waals surface area contributed by atoms with Crippen molar-refractivity contribution >= 4 is 47.6 Å². The average Bonchev–Trinajstić information content (AvgIpc) is 2.37. The van der Waals surface area contributed by atoms with Gasteiger partial charge in [0.1, 0.15) is 6.54 Å². The van der Waals surface area contributed by atoms with Gasteiger partial charge in [-0.3, -0.25) is 4.79 Å². The number of carbonyl (C=O) groups excluding carboxylic acids is 1. The summed E-state index contributed by atoms with van der Waals surface area (Å²) in [7, 11) is 3.48. The summed E-state index contributed by atoms with van der Waals surface area (Å²) in [5, 5.41) is 6.58. The average molecular weight is 430 g/mol. The van der Waals surface area contributed by atoms with Gasteiger partial charge in [-0.05, 0) is 26.0 Å². The lowest BCUT2D eigenvalue weighted by Crippen LogP contribution is -2.44. The number of nitrogens with one attached hydrogen (secondary N) is 2. The van der Waals surface area contributed by atoms with Crippen LogP contribution < -0.4 is 10.6 Å². The third kappa shape index (κ3) is 12.1. The zero-order chi connectivity index (χ0) is 15.8. The van der Waals surface area contributed by atoms with Crippen LogP contribution in [0.2, 0.25) is 0 Å². The van der Waals surface area contributed by atoms with E-state index in [9.17, 15) is 4.79 Å². The van der Waals surface area contributed by atoms with Crippen LogP contribution in [0.1, 0.15) is 27.7 Å². The number of nitrogens with zero attached hydrogens (tertiary/aromatic N) is 2. The van der Waals surface area contributed by atoms with E-state index in [-0.39, 0.29) is 41.2 Å². The summed E-state index contributed by atoms with van der Waals surface area (Å²) in [6, 6.07) is 0. The molecule has 0 aromatic carbocycles. The SMILES string of the molecule is CSC(C)(C)CNC(=NCC(=O)N(C)C)NCC(C)C.I. The molecule has 0 heterocycles. The Morgan fingerprint density at radius 1 is 1.29 bits per heavy atom. The van der Waals surface area contributed by atoms with Crippen LogP contribution >= 0.6 is 35.7 Å². The minimum absolute atomic E-state index is 0. The molecule has 0 rings (SSSR count). The zero-order valence-electron chi connectivity index (χ0n) is 14.3. The number of halogens is 1. The summed E-state index contributed by atoms with van der Waals surface area (Å²) in [5.41, 5.74) is 0. The first-order valence-electron chi connectivity index (χ1n) is 6.95. The van der Waals surface area contributed by atoms with E-state index in [0.717, 1.165) is 13.1 Å². The van der Waals surface area contributed by atoms with Crippen molar-refractivity contribution < 1.29 is 4.79 Å². The second-order valence-electron chi connectivity index (χ2n) is 6.05. The molecule has 0 spiro atoms. The smallest absolute Gasteiger partial charge is 0.243 e. The Bertz CT molecular complexity index is 333. The molecule has 0 fully saturated rings. The van der Waals surface area contributed by atoms with Crippen LogP contribution in [-0.2, 0) is 4.79 Å². The van der Waals surface area contributed by atoms with Crippen LogP contribution in [0.15, 0.2) is 4.99 Å². The monoisotopic (exact) mass is 430 g/mol. The molecule has 0 aliphatic rings. The fourth-order valence-electron chi connectivity index (χ4n) is 1.13. The van der Waals surface area contributed by atoms with Gasteiger partial charge >= 0.3 is 0 Å². The standard InChI is InChI=1S/C14H30N4OS.HI/c1-11(2)8-15-13(16-9-12(19)18(5)6)17-10-14(3,4)20-7;/h11H,8-10H2,1-7H3,(H2,15,16,17);1H. The van der Waals surface area contributed by atoms with E-state index in [1.807, 2.05) is 0 Å². The maximum Gasteiger partial charge on any atom is 0.243 e. The van der Waals surface area contributed by atoms with Crippen molar-refractivity contribution in [3.8, 4) is 0 Å². The number of rotatable bonds is 7. The first-order chi connectivity index (χ1) is 9.18. The highest BCUT2D eigenvalue weighted by Crippen LogP contribution is 2.19. The lowest BCUT2D eigenvalue weighted by atomic mass is 10.2. The summed E-state index contributed by atoms with van der Waals surface area (Å²) in [4.78, 5) is 17.5. The van der Waals surface area contributed by atoms with E-state index < -0.39 is 0 Å². The molecule has 0 bridgehead atoms. The molecule has 5 nitrogen and oxygen atoms in total. The van der Waals surface area contributed by atoms with Crippen LogP contribution in [0.25, 0.3) is 0 Å². The van der Waals surface area contributed by atoms with Crippen molar-refractivity contribution in [2.24, 2.45) is 10.9 Å². The van der Waals surface area contributed by atoms with Gasteiger partial charge < -0.3 is 15.5 Å². The Morgan fingerprint density at radius 3 is 2.29 bits per heavy atom. The normalized spacial score (nSPS) is 11.9. The minimum Gasteiger partial charge on any atom is -0.356 e. The minimum atomic E-state index is -0.000210. The quantitative estimate of drug-likeness (QED) is 0.369. The molecule has 0 saturated heterocycles. The number of carbonyl (C=O) groups is 1. The van der Waals surface area contributed by atoms with Crippen molar-refractivity contribution in [2.45, 2.75) is 32.4 Å². The van der Waals surface area contributed by atoms with Crippen molar-refractivity contribution in [3.05, 3.63) is 0 Å². The van der Waals surface area contributed by atoms with E-state index in [0.29, 0.717) is 11.9 Å². The summed E-state index contributed by atoms with van der Waals surface area (Å²) in [6.45, 7) is 10.4. The van der Waals surface area contributed by atoms with Gasteiger partial charge in [0.05, 0.1) is 0 Å². The van der Waals surface area contributed by atoms with Crippen LogP contribution in [0.5, 0.6) is 0 Å². The highest BCUT2D eigenvalue weighted by Gasteiger charge is 2.16. The lowest BCUT2D eigenvalue weighted by molar-refractivity contribution is -0.127. The predicted molar refractivity (Wildman–Crippen MR) is 105 cm³/mol. The van der Waals surface area contributed by atoms with Crippen molar-refractivity contribution in [1.29, 1.82) is 0 Å². The Hall–Kier alpha value is -0.180. The predicted octanol–water partition coefficient (Wildman–Crippen LogP) is 2.03. The molecule has 7 heteroatoms. The maximum absolute atomic E-state index is 11.6. The molecule has 0 aliphatic carbocycles. The molecule has 0 unspecified atom stereocenters. The van der Waals surface area contributed by atoms with Crippen LogP contribution in [-0.4, -0.2) is 61.5 Å². The van der Waals surface area contributed by atoms with Crippen molar-refractivity contribution in [1.82, 2.24) is 15.5 Å². The largest absolute Gasteiger partial charge is 0.356 e. The van der Waals surface area contributed by atoms with Crippen LogP contribution in [0.4, 0.5) is 0 Å². The summed E-state index contributed by atoms with van der Waals surface area (Å²) in [6.07, 6.45) is 2.09. The Labute approximate surface area is 151 Å². The third-order valence-corrected chi connectivity index (χ3v) is 4.03. The fraction of sp³-hybridized carbons (Fsp3) is 0.857. The van der Waals surface area contributed by atoms with Gasteiger partial charge in [0, 0.05) is 31.9 Å². The number of hydrogen-bond acceptors (Lipinski definition) is 3. The van der Waals surface area contributed by atoms with E-state index in [1.54, 1.807) is 30.8 Å². The summed E-state index contributed by atoms with van der Waals surface area (Å²) >= 11 is 1.80. The lowest BCUT2D eigenvalue weighted by Gasteiger charge is -2.24. The topological polar surface area (TPSA) is 56.7 Å². The molecule has 0 radical (unpaired) electrons. The third-order valence-electron chi connectivity index (χ3n) is 2.78. The van der Waals surface area contributed by atoms with Gasteiger partial charge in [0.2, 0.25) is 5.91 Å². The second-order valence-corrected chi connectivity index (χ2v) is 7.56. The van der Waals surface area contributed by atoms with Crippen LogP contribution in [0.3, 0.4) is 0 Å². The zero-order valence-corrected chi connectivity index (χ0v) is 17.5. The van der Waals surface area contributed by atoms with Crippen molar-refractivity contribution in [2.75, 3.05) is 40.0 Å². The number of aliphatic imine (C=N–C) groups is 1. The molecule has 126 valence electrons. The van der Waals surface area contributed by atoms with E-state index in [4.69, 9.17) is 0 Å². The molecule has 0 atom stereocenters. The molecule has 0 aromatic heterocycles. The first-order valence-corrected chi connectivity index (χ1v) is 8.18. The highest BCUT2D eigenvalue weighted by molar-refractivity contribution is 14.0. The molecule has 2 N–H and O–H groups in total. The number of guanidine groups is 1. The number of likely N-dealkylation sites (N-methyl/N-ethyl adjacent to an activating group) is 1. The first kappa shape index (κ1) is 23.1. The maximum atomic E-state index is 11.6. The Morgan fingerprint density at radius 2 is 1.86 bits per heavy atom. The van der Waals surface area contributed by atoms with Gasteiger partial charge in [0.15, 0.2) is 5.96 Å². The van der Waals surface area contributed by atoms with E-state index >= 15 is 0 Å². The number of amides is 1. The molecule has 0 saturated carbocycles. The Kier molecular flexibility index (Phi) is 12.5. The van der Waals surface area contributed by atoms with E-state index in [1.165, 1.54) is 0 Å². The van der Waals surface area contributed by atoms with Gasteiger partial charge in [-0.2, -0.15) is 11.8 Å². The van der Waals surface area contributed by atoms with Gasteiger partial charge in [-0.15, -0.1) is 24.0 Å². The molecular weight excluding hydrogens is 399 g/mol. The highest BCUT2D eigenvalue weighted by atomic mass is 127. The fourth-order valence-corrected chi connectivity index (χ4v) is 1.35. The van der Waals surface area contributed by atoms with Crippen LogP contribution in [0, 0.1) is 5.92 Å². The molecular formula is C14H31IN4OS. The summed E-state index contributed by atoms with van der Waals surface area (Å²) < 4.78 is 0.131. The summed E-state index contributed by atoms with van der Waals surface area (Å²) in [5.74, 6) is 1.23. The van der Waals surface area contributed by atoms with E-state index in [2.05, 4.69) is 49.6 Å². The Balaban J connectivity index is 0. The molecule has 0 aliphatic heterocycles. The van der Waals surface area contributed by atoms with Gasteiger partial charge in [-0.1, -0.05) is 13.8 Å². The molecule has 21 heavy (non-hydrogen) atoms. The molecule has 0 aromatic rings. The number of thioether (sulfide) groups is 1. The van der Waals surface area contributed by atoms with Gasteiger partial charge in [-0.25, -0.2) is 4.99 Å². The molecule has 1 amide bonds. The van der Waals surface area contributed by atoms with Crippen molar-refractivity contribution in [3.63, 3.8) is 0 Å².